The predicted octanol–water partition coefficient (Wildman–Crippen LogP) is 1.09. The van der Waals surface area contributed by atoms with Crippen molar-refractivity contribution in [2.45, 2.75) is 0 Å². The number of rotatable bonds is 1. The van der Waals surface area contributed by atoms with Crippen LogP contribution < -0.4 is 5.32 Å². The molecule has 0 unspecified atom stereocenters. The van der Waals surface area contributed by atoms with Crippen molar-refractivity contribution in [3.63, 3.8) is 0 Å². The van der Waals surface area contributed by atoms with Crippen LogP contribution in [0, 0.1) is 0 Å². The fourth-order valence-corrected chi connectivity index (χ4v) is 2.20. The Kier molecular flexibility index (Phi) is 3.54. The lowest BCUT2D eigenvalue weighted by atomic mass is 10.2. The maximum absolute atomic E-state index is 12.2. The molecule has 94 valence electrons. The molecule has 1 heterocycles. The van der Waals surface area contributed by atoms with E-state index in [0.29, 0.717) is 0 Å². The van der Waals surface area contributed by atoms with Gasteiger partial charge in [0.25, 0.3) is 5.91 Å². The summed E-state index contributed by atoms with van der Waals surface area (Å²) in [5.74, 6) is -1.58. The van der Waals surface area contributed by atoms with Crippen molar-refractivity contribution >= 4 is 40.9 Å². The summed E-state index contributed by atoms with van der Waals surface area (Å²) in [4.78, 5) is 35.7. The Hall–Kier alpha value is -1.59. The van der Waals surface area contributed by atoms with Crippen molar-refractivity contribution in [3.8, 4) is 0 Å². The number of carbonyl (C=O) groups is 3. The van der Waals surface area contributed by atoms with E-state index in [1.54, 1.807) is 6.07 Å². The number of benzene rings is 1. The van der Waals surface area contributed by atoms with Crippen molar-refractivity contribution < 1.29 is 14.4 Å². The van der Waals surface area contributed by atoms with Crippen LogP contribution in [0.4, 0.5) is 0 Å². The average Bonchev–Trinajstić information content (AvgIpc) is 2.27. The van der Waals surface area contributed by atoms with Crippen molar-refractivity contribution in [3.05, 3.63) is 33.8 Å². The molecule has 1 aliphatic heterocycles. The first-order valence-electron chi connectivity index (χ1n) is 5.05. The smallest absolute Gasteiger partial charge is 0.257 e. The largest absolute Gasteiger partial charge is 0.320 e. The fourth-order valence-electron chi connectivity index (χ4n) is 1.64. The maximum atomic E-state index is 12.2. The molecule has 1 fully saturated rings. The zero-order chi connectivity index (χ0) is 13.3. The van der Waals surface area contributed by atoms with E-state index in [1.807, 2.05) is 0 Å². The number of hydrogen-bond donors (Lipinski definition) is 1. The highest BCUT2D eigenvalue weighted by molar-refractivity contribution is 6.39. The van der Waals surface area contributed by atoms with Crippen LogP contribution in [0.3, 0.4) is 0 Å². The monoisotopic (exact) mass is 286 g/mol. The number of piperazine rings is 1. The molecule has 1 aromatic carbocycles. The number of nitrogens with zero attached hydrogens (tertiary/aromatic N) is 1. The highest BCUT2D eigenvalue weighted by Crippen LogP contribution is 2.25. The van der Waals surface area contributed by atoms with Gasteiger partial charge in [-0.3, -0.25) is 19.7 Å². The van der Waals surface area contributed by atoms with Crippen molar-refractivity contribution in [2.75, 3.05) is 13.1 Å². The van der Waals surface area contributed by atoms with Crippen LogP contribution in [0.2, 0.25) is 10.0 Å². The van der Waals surface area contributed by atoms with Gasteiger partial charge in [0, 0.05) is 0 Å². The SMILES string of the molecule is O=C1CN(C(=O)c2c(Cl)cccc2Cl)CC(=O)N1. The lowest BCUT2D eigenvalue weighted by Crippen LogP contribution is -2.53. The minimum absolute atomic E-state index is 0.100. The van der Waals surface area contributed by atoms with Gasteiger partial charge in [-0.15, -0.1) is 0 Å². The summed E-state index contributed by atoms with van der Waals surface area (Å²) in [6, 6.07) is 4.65. The van der Waals surface area contributed by atoms with Crippen LogP contribution in [0.15, 0.2) is 18.2 Å². The summed E-state index contributed by atoms with van der Waals surface area (Å²) >= 11 is 11.8. The first-order chi connectivity index (χ1) is 8.49. The predicted molar refractivity (Wildman–Crippen MR) is 65.5 cm³/mol. The lowest BCUT2D eigenvalue weighted by Gasteiger charge is -2.26. The minimum Gasteiger partial charge on any atom is -0.320 e. The zero-order valence-electron chi connectivity index (χ0n) is 9.07. The van der Waals surface area contributed by atoms with Gasteiger partial charge in [-0.2, -0.15) is 0 Å². The summed E-state index contributed by atoms with van der Waals surface area (Å²) in [6.07, 6.45) is 0. The molecule has 1 aliphatic rings. The van der Waals surface area contributed by atoms with Crippen LogP contribution in [0.1, 0.15) is 10.4 Å². The molecule has 0 aromatic heterocycles. The molecule has 0 radical (unpaired) electrons. The number of nitrogens with one attached hydrogen (secondary N) is 1. The van der Waals surface area contributed by atoms with E-state index in [4.69, 9.17) is 23.2 Å². The van der Waals surface area contributed by atoms with E-state index in [-0.39, 0.29) is 28.7 Å². The van der Waals surface area contributed by atoms with E-state index in [0.717, 1.165) is 4.90 Å². The first kappa shape index (κ1) is 12.9. The molecular weight excluding hydrogens is 279 g/mol. The van der Waals surface area contributed by atoms with E-state index in [2.05, 4.69) is 5.32 Å². The van der Waals surface area contributed by atoms with Crippen molar-refractivity contribution in [2.24, 2.45) is 0 Å². The van der Waals surface area contributed by atoms with Crippen LogP contribution >= 0.6 is 23.2 Å². The van der Waals surface area contributed by atoms with Gasteiger partial charge in [0.05, 0.1) is 15.6 Å². The molecule has 3 amide bonds. The molecule has 1 saturated heterocycles. The molecule has 0 bridgehead atoms. The van der Waals surface area contributed by atoms with Crippen molar-refractivity contribution in [1.82, 2.24) is 10.2 Å². The second kappa shape index (κ2) is 4.96. The Morgan fingerprint density at radius 3 is 2.11 bits per heavy atom. The van der Waals surface area contributed by atoms with E-state index < -0.39 is 17.7 Å². The second-order valence-corrected chi connectivity index (χ2v) is 4.54. The summed E-state index contributed by atoms with van der Waals surface area (Å²) in [6.45, 7) is -0.377. The summed E-state index contributed by atoms with van der Waals surface area (Å²) in [5, 5.41) is 2.48. The highest BCUT2D eigenvalue weighted by atomic mass is 35.5. The molecule has 1 N–H and O–H groups in total. The fraction of sp³-hybridized carbons (Fsp3) is 0.182. The zero-order valence-corrected chi connectivity index (χ0v) is 10.6. The average molecular weight is 287 g/mol. The molecular formula is C11H8Cl2N2O3. The molecule has 0 atom stereocenters. The topological polar surface area (TPSA) is 66.5 Å². The normalized spacial score (nSPS) is 15.6. The van der Waals surface area contributed by atoms with Gasteiger partial charge in [0.1, 0.15) is 13.1 Å². The number of carbonyl (C=O) groups excluding carboxylic acids is 3. The Morgan fingerprint density at radius 1 is 1.11 bits per heavy atom. The lowest BCUT2D eigenvalue weighted by molar-refractivity contribution is -0.135. The van der Waals surface area contributed by atoms with Gasteiger partial charge in [0.15, 0.2) is 0 Å². The van der Waals surface area contributed by atoms with E-state index in [9.17, 15) is 14.4 Å². The van der Waals surface area contributed by atoms with Gasteiger partial charge >= 0.3 is 0 Å². The van der Waals surface area contributed by atoms with Crippen molar-refractivity contribution in [1.29, 1.82) is 0 Å². The van der Waals surface area contributed by atoms with Crippen LogP contribution in [-0.2, 0) is 9.59 Å². The number of hydrogen-bond acceptors (Lipinski definition) is 3. The minimum atomic E-state index is -0.534. The third-order valence-electron chi connectivity index (χ3n) is 2.41. The third-order valence-corrected chi connectivity index (χ3v) is 3.04. The third kappa shape index (κ3) is 2.47. The Balaban J connectivity index is 2.31. The number of halogens is 2. The van der Waals surface area contributed by atoms with Crippen LogP contribution in [0.5, 0.6) is 0 Å². The maximum Gasteiger partial charge on any atom is 0.257 e. The van der Waals surface area contributed by atoms with Gasteiger partial charge < -0.3 is 4.90 Å². The van der Waals surface area contributed by atoms with Gasteiger partial charge in [-0.05, 0) is 12.1 Å². The molecule has 0 aliphatic carbocycles. The number of imide groups is 1. The first-order valence-corrected chi connectivity index (χ1v) is 5.80. The summed E-state index contributed by atoms with van der Waals surface area (Å²) in [5.41, 5.74) is 0.100. The van der Waals surface area contributed by atoms with E-state index in [1.165, 1.54) is 12.1 Å². The van der Waals surface area contributed by atoms with Crippen LogP contribution in [0.25, 0.3) is 0 Å². The Morgan fingerprint density at radius 2 is 1.61 bits per heavy atom. The molecule has 7 heteroatoms. The molecule has 0 spiro atoms. The quantitative estimate of drug-likeness (QED) is 0.786. The molecule has 1 aromatic rings. The second-order valence-electron chi connectivity index (χ2n) is 3.73. The van der Waals surface area contributed by atoms with Gasteiger partial charge in [-0.25, -0.2) is 0 Å². The summed E-state index contributed by atoms with van der Waals surface area (Å²) in [7, 11) is 0. The standard InChI is InChI=1S/C11H8Cl2N2O3/c12-6-2-1-3-7(13)10(6)11(18)15-4-8(16)14-9(17)5-15/h1-3H,4-5H2,(H,14,16,17). The van der Waals surface area contributed by atoms with Gasteiger partial charge in [-0.1, -0.05) is 29.3 Å². The molecule has 18 heavy (non-hydrogen) atoms. The Labute approximate surface area is 113 Å². The van der Waals surface area contributed by atoms with E-state index >= 15 is 0 Å². The summed E-state index contributed by atoms with van der Waals surface area (Å²) < 4.78 is 0. The highest BCUT2D eigenvalue weighted by Gasteiger charge is 2.29. The van der Waals surface area contributed by atoms with Crippen LogP contribution in [-0.4, -0.2) is 35.7 Å². The van der Waals surface area contributed by atoms with Gasteiger partial charge in [0.2, 0.25) is 11.8 Å². The number of amides is 3. The Bertz CT molecular complexity index is 509. The molecule has 5 nitrogen and oxygen atoms in total. The molecule has 2 rings (SSSR count). The molecule has 0 saturated carbocycles.